The fourth-order valence-electron chi connectivity index (χ4n) is 0.936. The third kappa shape index (κ3) is 2.43. The van der Waals surface area contributed by atoms with Gasteiger partial charge in [-0.25, -0.2) is 9.97 Å². The highest BCUT2D eigenvalue weighted by Gasteiger charge is 1.98. The number of hydrogen-bond donors (Lipinski definition) is 0. The first kappa shape index (κ1) is 9.43. The maximum atomic E-state index is 5.68. The average molecular weight is 227 g/mol. The van der Waals surface area contributed by atoms with Crippen LogP contribution in [0, 0.1) is 0 Å². The molecule has 0 bridgehead atoms. The molecule has 2 heterocycles. The summed E-state index contributed by atoms with van der Waals surface area (Å²) in [5, 5.41) is 2.40. The summed E-state index contributed by atoms with van der Waals surface area (Å²) in [5.74, 6) is 0.499. The molecule has 0 aliphatic heterocycles. The molecule has 0 saturated carbocycles. The van der Waals surface area contributed by atoms with Crippen molar-refractivity contribution in [3.8, 4) is 5.88 Å². The van der Waals surface area contributed by atoms with Gasteiger partial charge in [-0.3, -0.25) is 0 Å². The first-order valence-electron chi connectivity index (χ1n) is 3.97. The Balaban J connectivity index is 1.98. The number of thiophene rings is 1. The summed E-state index contributed by atoms with van der Waals surface area (Å²) >= 11 is 7.32. The third-order valence-electron chi connectivity index (χ3n) is 1.55. The third-order valence-corrected chi connectivity index (χ3v) is 2.61. The smallest absolute Gasteiger partial charge is 0.218 e. The standard InChI is InChI=1S/C9H7ClN2OS/c10-8-4-9(12-6-11-8)13-5-7-2-1-3-14-7/h1-4,6H,5H2. The lowest BCUT2D eigenvalue weighted by atomic mass is 10.5. The van der Waals surface area contributed by atoms with Crippen molar-refractivity contribution in [3.05, 3.63) is 39.9 Å². The van der Waals surface area contributed by atoms with Crippen molar-refractivity contribution >= 4 is 22.9 Å². The Bertz CT molecular complexity index is 405. The van der Waals surface area contributed by atoms with Gasteiger partial charge in [0.15, 0.2) is 0 Å². The summed E-state index contributed by atoms with van der Waals surface area (Å²) in [5.41, 5.74) is 0. The number of hydrogen-bond acceptors (Lipinski definition) is 4. The minimum Gasteiger partial charge on any atom is -0.472 e. The summed E-state index contributed by atoms with van der Waals surface area (Å²) in [6.07, 6.45) is 1.38. The Morgan fingerprint density at radius 1 is 1.43 bits per heavy atom. The SMILES string of the molecule is Clc1cc(OCc2cccs2)ncn1. The van der Waals surface area contributed by atoms with Crippen LogP contribution in [0.1, 0.15) is 4.88 Å². The van der Waals surface area contributed by atoms with E-state index in [1.54, 1.807) is 17.4 Å². The van der Waals surface area contributed by atoms with E-state index in [0.29, 0.717) is 17.6 Å². The fourth-order valence-corrected chi connectivity index (χ4v) is 1.69. The quantitative estimate of drug-likeness (QED) is 0.755. The minimum atomic E-state index is 0.390. The van der Waals surface area contributed by atoms with Crippen LogP contribution in [0.2, 0.25) is 5.15 Å². The van der Waals surface area contributed by atoms with Gasteiger partial charge in [-0.15, -0.1) is 11.3 Å². The van der Waals surface area contributed by atoms with E-state index in [9.17, 15) is 0 Å². The molecule has 0 fully saturated rings. The van der Waals surface area contributed by atoms with E-state index in [4.69, 9.17) is 16.3 Å². The molecule has 3 nitrogen and oxygen atoms in total. The summed E-state index contributed by atoms with van der Waals surface area (Å²) in [4.78, 5) is 8.84. The molecular formula is C9H7ClN2OS. The van der Waals surface area contributed by atoms with Gasteiger partial charge < -0.3 is 4.74 Å². The molecule has 5 heteroatoms. The number of rotatable bonds is 3. The van der Waals surface area contributed by atoms with E-state index >= 15 is 0 Å². The Labute approximate surface area is 90.3 Å². The highest BCUT2D eigenvalue weighted by atomic mass is 35.5. The molecule has 0 spiro atoms. The van der Waals surface area contributed by atoms with Crippen LogP contribution in [0.3, 0.4) is 0 Å². The number of ether oxygens (including phenoxy) is 1. The number of aromatic nitrogens is 2. The fraction of sp³-hybridized carbons (Fsp3) is 0.111. The van der Waals surface area contributed by atoms with E-state index in [1.807, 2.05) is 17.5 Å². The van der Waals surface area contributed by atoms with Crippen molar-refractivity contribution in [2.45, 2.75) is 6.61 Å². The van der Waals surface area contributed by atoms with E-state index in [1.165, 1.54) is 6.33 Å². The summed E-state index contributed by atoms with van der Waals surface area (Å²) in [7, 11) is 0. The van der Waals surface area contributed by atoms with Crippen molar-refractivity contribution in [1.29, 1.82) is 0 Å². The largest absolute Gasteiger partial charge is 0.472 e. The molecular weight excluding hydrogens is 220 g/mol. The monoisotopic (exact) mass is 226 g/mol. The second-order valence-electron chi connectivity index (χ2n) is 2.55. The highest BCUT2D eigenvalue weighted by molar-refractivity contribution is 7.09. The summed E-state index contributed by atoms with van der Waals surface area (Å²) < 4.78 is 5.41. The van der Waals surface area contributed by atoms with E-state index in [2.05, 4.69) is 9.97 Å². The van der Waals surface area contributed by atoms with Crippen LogP contribution in [0.4, 0.5) is 0 Å². The zero-order valence-corrected chi connectivity index (χ0v) is 8.76. The topological polar surface area (TPSA) is 35.0 Å². The lowest BCUT2D eigenvalue weighted by Gasteiger charge is -2.02. The molecule has 2 aromatic rings. The molecule has 0 radical (unpaired) electrons. The van der Waals surface area contributed by atoms with Crippen molar-refractivity contribution in [2.24, 2.45) is 0 Å². The Morgan fingerprint density at radius 3 is 3.07 bits per heavy atom. The van der Waals surface area contributed by atoms with Gasteiger partial charge in [-0.2, -0.15) is 0 Å². The van der Waals surface area contributed by atoms with Crippen LogP contribution < -0.4 is 4.74 Å². The molecule has 0 aliphatic carbocycles. The van der Waals surface area contributed by atoms with Gasteiger partial charge in [0.2, 0.25) is 5.88 Å². The van der Waals surface area contributed by atoms with Gasteiger partial charge in [0.05, 0.1) is 0 Å². The summed E-state index contributed by atoms with van der Waals surface area (Å²) in [6.45, 7) is 0.519. The lowest BCUT2D eigenvalue weighted by molar-refractivity contribution is 0.296. The van der Waals surface area contributed by atoms with Crippen molar-refractivity contribution in [2.75, 3.05) is 0 Å². The van der Waals surface area contributed by atoms with Crippen LogP contribution >= 0.6 is 22.9 Å². The molecule has 72 valence electrons. The van der Waals surface area contributed by atoms with Crippen molar-refractivity contribution < 1.29 is 4.74 Å². The second kappa shape index (κ2) is 4.39. The maximum Gasteiger partial charge on any atom is 0.218 e. The van der Waals surface area contributed by atoms with Gasteiger partial charge in [0.1, 0.15) is 18.1 Å². The second-order valence-corrected chi connectivity index (χ2v) is 3.97. The lowest BCUT2D eigenvalue weighted by Crippen LogP contribution is -1.95. The first-order valence-corrected chi connectivity index (χ1v) is 5.23. The van der Waals surface area contributed by atoms with E-state index < -0.39 is 0 Å². The molecule has 2 rings (SSSR count). The van der Waals surface area contributed by atoms with Crippen LogP contribution in [-0.2, 0) is 6.61 Å². The zero-order valence-electron chi connectivity index (χ0n) is 7.18. The molecule has 0 saturated heterocycles. The molecule has 0 atom stereocenters. The maximum absolute atomic E-state index is 5.68. The van der Waals surface area contributed by atoms with Gasteiger partial charge in [-0.1, -0.05) is 17.7 Å². The first-order chi connectivity index (χ1) is 6.84. The zero-order chi connectivity index (χ0) is 9.80. The molecule has 0 aliphatic rings. The Hall–Kier alpha value is -1.13. The van der Waals surface area contributed by atoms with Crippen LogP contribution in [-0.4, -0.2) is 9.97 Å². The van der Waals surface area contributed by atoms with Crippen LogP contribution in [0.15, 0.2) is 29.9 Å². The molecule has 0 amide bonds. The molecule has 0 N–H and O–H groups in total. The number of nitrogens with zero attached hydrogens (tertiary/aromatic N) is 2. The van der Waals surface area contributed by atoms with Crippen molar-refractivity contribution in [1.82, 2.24) is 9.97 Å². The summed E-state index contributed by atoms with van der Waals surface area (Å²) in [6, 6.07) is 5.58. The highest BCUT2D eigenvalue weighted by Crippen LogP contribution is 2.15. The Kier molecular flexibility index (Phi) is 2.96. The average Bonchev–Trinajstić information content (AvgIpc) is 2.67. The molecule has 0 aromatic carbocycles. The molecule has 14 heavy (non-hydrogen) atoms. The predicted molar refractivity (Wildman–Crippen MR) is 55.7 cm³/mol. The van der Waals surface area contributed by atoms with E-state index in [-0.39, 0.29) is 0 Å². The van der Waals surface area contributed by atoms with Crippen molar-refractivity contribution in [3.63, 3.8) is 0 Å². The van der Waals surface area contributed by atoms with E-state index in [0.717, 1.165) is 4.88 Å². The predicted octanol–water partition coefficient (Wildman–Crippen LogP) is 2.77. The van der Waals surface area contributed by atoms with Crippen LogP contribution in [0.25, 0.3) is 0 Å². The van der Waals surface area contributed by atoms with Gasteiger partial charge >= 0.3 is 0 Å². The minimum absolute atomic E-state index is 0.390. The molecule has 0 unspecified atom stereocenters. The van der Waals surface area contributed by atoms with Crippen LogP contribution in [0.5, 0.6) is 5.88 Å². The van der Waals surface area contributed by atoms with Gasteiger partial charge in [0, 0.05) is 10.9 Å². The number of halogens is 1. The van der Waals surface area contributed by atoms with Gasteiger partial charge in [0.25, 0.3) is 0 Å². The Morgan fingerprint density at radius 2 is 2.36 bits per heavy atom. The molecule has 2 aromatic heterocycles. The van der Waals surface area contributed by atoms with Gasteiger partial charge in [-0.05, 0) is 11.4 Å². The normalized spacial score (nSPS) is 10.1.